The summed E-state index contributed by atoms with van der Waals surface area (Å²) in [6.07, 6.45) is 4.68. The third kappa shape index (κ3) is 3.56. The molecule has 1 atom stereocenters. The standard InChI is InChI=1S/C22H22.Zr/c1-15(2)16(3)13-21-17(4)14-22-19(11-8-12-20(21)22)18-9-6-5-7-10-18;/h5-14,21H,1H2,2-4H3;. The third-order valence-corrected chi connectivity index (χ3v) is 4.51. The van der Waals surface area contributed by atoms with Crippen LogP contribution in [0, 0.1) is 0 Å². The van der Waals surface area contributed by atoms with Gasteiger partial charge in [0, 0.05) is 32.1 Å². The number of allylic oxidation sites excluding steroid dienone is 4. The fourth-order valence-electron chi connectivity index (χ4n) is 3.06. The zero-order valence-electron chi connectivity index (χ0n) is 14.1. The van der Waals surface area contributed by atoms with Gasteiger partial charge in [0.15, 0.2) is 0 Å². The molecule has 0 spiro atoms. The predicted octanol–water partition coefficient (Wildman–Crippen LogP) is 6.37. The maximum Gasteiger partial charge on any atom is 0.0240 e. The van der Waals surface area contributed by atoms with Gasteiger partial charge in [0.2, 0.25) is 0 Å². The maximum absolute atomic E-state index is 4.06. The van der Waals surface area contributed by atoms with Crippen molar-refractivity contribution in [2.24, 2.45) is 0 Å². The van der Waals surface area contributed by atoms with Crippen molar-refractivity contribution in [3.63, 3.8) is 0 Å². The van der Waals surface area contributed by atoms with E-state index in [2.05, 4.69) is 88.0 Å². The van der Waals surface area contributed by atoms with E-state index in [-0.39, 0.29) is 26.2 Å². The first-order valence-electron chi connectivity index (χ1n) is 7.78. The van der Waals surface area contributed by atoms with Crippen LogP contribution in [-0.2, 0) is 26.2 Å². The Morgan fingerprint density at radius 3 is 2.35 bits per heavy atom. The molecule has 1 heteroatoms. The maximum atomic E-state index is 4.06. The molecule has 0 fully saturated rings. The van der Waals surface area contributed by atoms with Crippen LogP contribution in [0.3, 0.4) is 0 Å². The van der Waals surface area contributed by atoms with Crippen LogP contribution in [0.15, 0.2) is 77.9 Å². The van der Waals surface area contributed by atoms with Crippen molar-refractivity contribution in [3.8, 4) is 11.1 Å². The summed E-state index contributed by atoms with van der Waals surface area (Å²) in [5, 5.41) is 0. The smallest absolute Gasteiger partial charge is 0.0240 e. The van der Waals surface area contributed by atoms with Gasteiger partial charge in [0.05, 0.1) is 0 Å². The summed E-state index contributed by atoms with van der Waals surface area (Å²) in [5.41, 5.74) is 9.18. The molecular weight excluding hydrogens is 355 g/mol. The van der Waals surface area contributed by atoms with Crippen LogP contribution in [0.1, 0.15) is 37.8 Å². The Bertz CT molecular complexity index is 779. The Labute approximate surface area is 158 Å². The molecule has 1 aliphatic rings. The Morgan fingerprint density at radius 2 is 1.70 bits per heavy atom. The van der Waals surface area contributed by atoms with Gasteiger partial charge in [-0.25, -0.2) is 0 Å². The van der Waals surface area contributed by atoms with Crippen LogP contribution >= 0.6 is 0 Å². The molecule has 0 saturated carbocycles. The van der Waals surface area contributed by atoms with Crippen molar-refractivity contribution in [3.05, 3.63) is 89.0 Å². The fourth-order valence-corrected chi connectivity index (χ4v) is 3.06. The van der Waals surface area contributed by atoms with Gasteiger partial charge in [-0.2, -0.15) is 0 Å². The second-order valence-corrected chi connectivity index (χ2v) is 6.17. The first-order chi connectivity index (χ1) is 10.6. The van der Waals surface area contributed by atoms with E-state index in [1.807, 2.05) is 0 Å². The molecule has 1 aliphatic carbocycles. The predicted molar refractivity (Wildman–Crippen MR) is 96.8 cm³/mol. The minimum atomic E-state index is 0. The zero-order chi connectivity index (χ0) is 15.7. The molecule has 23 heavy (non-hydrogen) atoms. The van der Waals surface area contributed by atoms with Crippen LogP contribution < -0.4 is 0 Å². The van der Waals surface area contributed by atoms with Gasteiger partial charge in [0.25, 0.3) is 0 Å². The summed E-state index contributed by atoms with van der Waals surface area (Å²) in [7, 11) is 0. The van der Waals surface area contributed by atoms with Crippen molar-refractivity contribution in [1.29, 1.82) is 0 Å². The van der Waals surface area contributed by atoms with Crippen LogP contribution in [0.25, 0.3) is 17.2 Å². The summed E-state index contributed by atoms with van der Waals surface area (Å²) < 4.78 is 0. The molecule has 0 aliphatic heterocycles. The number of fused-ring (bicyclic) bond motifs is 1. The molecule has 2 aromatic rings. The normalized spacial score (nSPS) is 16.4. The Hall–Kier alpha value is -1.46. The second kappa shape index (κ2) is 7.41. The van der Waals surface area contributed by atoms with Crippen molar-refractivity contribution in [2.75, 3.05) is 0 Å². The zero-order valence-corrected chi connectivity index (χ0v) is 16.5. The van der Waals surface area contributed by atoms with Crippen LogP contribution in [0.4, 0.5) is 0 Å². The Morgan fingerprint density at radius 1 is 1.00 bits per heavy atom. The first-order valence-corrected chi connectivity index (χ1v) is 7.78. The molecule has 0 aromatic heterocycles. The van der Waals surface area contributed by atoms with Crippen molar-refractivity contribution in [1.82, 2.24) is 0 Å². The molecular formula is C22H22Zr. The van der Waals surface area contributed by atoms with Crippen molar-refractivity contribution in [2.45, 2.75) is 26.7 Å². The van der Waals surface area contributed by atoms with Gasteiger partial charge in [0.1, 0.15) is 0 Å². The molecule has 114 valence electrons. The van der Waals surface area contributed by atoms with Gasteiger partial charge in [-0.1, -0.05) is 84.0 Å². The molecule has 0 bridgehead atoms. The monoisotopic (exact) mass is 376 g/mol. The molecule has 0 nitrogen and oxygen atoms in total. The number of hydrogen-bond donors (Lipinski definition) is 0. The fraction of sp³-hybridized carbons (Fsp3) is 0.182. The van der Waals surface area contributed by atoms with Crippen LogP contribution in [0.5, 0.6) is 0 Å². The van der Waals surface area contributed by atoms with Crippen LogP contribution in [-0.4, -0.2) is 0 Å². The SMILES string of the molecule is C=C(C)C(C)=CC1C(C)=Cc2c(-c3ccccc3)cccc21.[Zr]. The van der Waals surface area contributed by atoms with Gasteiger partial charge >= 0.3 is 0 Å². The van der Waals surface area contributed by atoms with E-state index in [9.17, 15) is 0 Å². The molecule has 0 radical (unpaired) electrons. The average molecular weight is 378 g/mol. The average Bonchev–Trinajstić information content (AvgIpc) is 2.84. The Kier molecular flexibility index (Phi) is 5.76. The van der Waals surface area contributed by atoms with Gasteiger partial charge in [-0.3, -0.25) is 0 Å². The number of rotatable bonds is 3. The molecule has 3 rings (SSSR count). The quantitative estimate of drug-likeness (QED) is 0.545. The summed E-state index contributed by atoms with van der Waals surface area (Å²) >= 11 is 0. The van der Waals surface area contributed by atoms with E-state index in [0.29, 0.717) is 5.92 Å². The second-order valence-electron chi connectivity index (χ2n) is 6.17. The topological polar surface area (TPSA) is 0 Å². The van der Waals surface area contributed by atoms with Gasteiger partial charge < -0.3 is 0 Å². The minimum absolute atomic E-state index is 0. The third-order valence-electron chi connectivity index (χ3n) is 4.51. The molecule has 0 N–H and O–H groups in total. The largest absolute Gasteiger partial charge is 0.0959 e. The first kappa shape index (κ1) is 17.9. The molecule has 0 saturated heterocycles. The van der Waals surface area contributed by atoms with E-state index < -0.39 is 0 Å². The van der Waals surface area contributed by atoms with E-state index in [1.54, 1.807) is 0 Å². The summed E-state index contributed by atoms with van der Waals surface area (Å²) in [6.45, 7) is 10.5. The van der Waals surface area contributed by atoms with E-state index in [4.69, 9.17) is 0 Å². The Balaban J connectivity index is 0.00000192. The molecule has 1 unspecified atom stereocenters. The van der Waals surface area contributed by atoms with Gasteiger partial charge in [-0.05, 0) is 43.0 Å². The van der Waals surface area contributed by atoms with Gasteiger partial charge in [-0.15, -0.1) is 0 Å². The van der Waals surface area contributed by atoms with Crippen LogP contribution in [0.2, 0.25) is 0 Å². The summed E-state index contributed by atoms with van der Waals surface area (Å²) in [6, 6.07) is 17.3. The number of hydrogen-bond acceptors (Lipinski definition) is 0. The summed E-state index contributed by atoms with van der Waals surface area (Å²) in [5.74, 6) is 0.371. The molecule has 0 heterocycles. The van der Waals surface area contributed by atoms with E-state index in [0.717, 1.165) is 5.57 Å². The van der Waals surface area contributed by atoms with Crippen molar-refractivity contribution < 1.29 is 26.2 Å². The number of benzene rings is 2. The molecule has 2 aromatic carbocycles. The molecule has 0 amide bonds. The van der Waals surface area contributed by atoms with E-state index >= 15 is 0 Å². The summed E-state index contributed by atoms with van der Waals surface area (Å²) in [4.78, 5) is 0. The van der Waals surface area contributed by atoms with E-state index in [1.165, 1.54) is 33.4 Å². The minimum Gasteiger partial charge on any atom is -0.0959 e. The van der Waals surface area contributed by atoms with Crippen molar-refractivity contribution >= 4 is 6.08 Å².